The zero-order valence-electron chi connectivity index (χ0n) is 11.5. The van der Waals surface area contributed by atoms with Crippen LogP contribution in [0.4, 0.5) is 8.78 Å². The van der Waals surface area contributed by atoms with Crippen molar-refractivity contribution in [3.8, 4) is 0 Å². The summed E-state index contributed by atoms with van der Waals surface area (Å²) in [5.41, 5.74) is 0.749. The highest BCUT2D eigenvalue weighted by molar-refractivity contribution is 7.91. The normalized spacial score (nSPS) is 12.0. The maximum Gasteiger partial charge on any atom is 0.181 e. The van der Waals surface area contributed by atoms with E-state index >= 15 is 0 Å². The molecule has 0 saturated heterocycles. The van der Waals surface area contributed by atoms with Crippen LogP contribution < -0.4 is 0 Å². The minimum atomic E-state index is -3.57. The zero-order chi connectivity index (χ0) is 16.2. The Labute approximate surface area is 133 Å². The van der Waals surface area contributed by atoms with Crippen LogP contribution in [0.3, 0.4) is 0 Å². The first-order chi connectivity index (χ1) is 10.4. The predicted molar refractivity (Wildman–Crippen MR) is 82.7 cm³/mol. The van der Waals surface area contributed by atoms with Gasteiger partial charge in [-0.15, -0.1) is 0 Å². The lowest BCUT2D eigenvalue weighted by Gasteiger charge is -2.03. The quantitative estimate of drug-likeness (QED) is 0.603. The Morgan fingerprint density at radius 1 is 1.05 bits per heavy atom. The fourth-order valence-corrected chi connectivity index (χ4v) is 3.24. The molecule has 0 N–H and O–H groups in total. The molecular weight excluding hydrogens is 330 g/mol. The van der Waals surface area contributed by atoms with Crippen LogP contribution in [-0.4, -0.2) is 14.2 Å². The molecule has 22 heavy (non-hydrogen) atoms. The summed E-state index contributed by atoms with van der Waals surface area (Å²) in [4.78, 5) is -0.0331. The zero-order valence-corrected chi connectivity index (χ0v) is 13.0. The minimum absolute atomic E-state index is 0.0331. The van der Waals surface area contributed by atoms with Gasteiger partial charge >= 0.3 is 0 Å². The lowest BCUT2D eigenvalue weighted by molar-refractivity contribution is 0.597. The molecule has 2 rings (SSSR count). The molecule has 0 bridgehead atoms. The molecule has 0 aliphatic carbocycles. The van der Waals surface area contributed by atoms with Crippen molar-refractivity contribution in [3.05, 3.63) is 76.8 Å². The van der Waals surface area contributed by atoms with Gasteiger partial charge in [0.15, 0.2) is 9.84 Å². The first kappa shape index (κ1) is 16.6. The highest BCUT2D eigenvalue weighted by atomic mass is 35.5. The van der Waals surface area contributed by atoms with Gasteiger partial charge in [0, 0.05) is 0 Å². The van der Waals surface area contributed by atoms with Gasteiger partial charge in [-0.25, -0.2) is 17.2 Å². The van der Waals surface area contributed by atoms with Gasteiger partial charge in [-0.3, -0.25) is 0 Å². The molecule has 2 aromatic carbocycles. The van der Waals surface area contributed by atoms with E-state index in [0.29, 0.717) is 6.42 Å². The number of halogens is 3. The number of sulfone groups is 1. The lowest BCUT2D eigenvalue weighted by atomic mass is 10.1. The maximum absolute atomic E-state index is 13.0. The molecule has 2 nitrogen and oxygen atoms in total. The molecule has 0 amide bonds. The second-order valence-electron chi connectivity index (χ2n) is 4.66. The van der Waals surface area contributed by atoms with E-state index in [1.165, 1.54) is 24.3 Å². The van der Waals surface area contributed by atoms with Crippen molar-refractivity contribution >= 4 is 21.4 Å². The summed E-state index contributed by atoms with van der Waals surface area (Å²) in [5, 5.41) is -0.232. The molecule has 116 valence electrons. The van der Waals surface area contributed by atoms with Gasteiger partial charge in [0.05, 0.1) is 15.7 Å². The van der Waals surface area contributed by atoms with E-state index in [9.17, 15) is 17.2 Å². The van der Waals surface area contributed by atoms with Crippen LogP contribution >= 0.6 is 11.6 Å². The summed E-state index contributed by atoms with van der Waals surface area (Å²) in [7, 11) is -3.57. The van der Waals surface area contributed by atoms with Crippen molar-refractivity contribution in [2.45, 2.75) is 11.3 Å². The highest BCUT2D eigenvalue weighted by Crippen LogP contribution is 2.20. The number of hydrogen-bond donors (Lipinski definition) is 0. The molecule has 6 heteroatoms. The van der Waals surface area contributed by atoms with Crippen molar-refractivity contribution in [3.63, 3.8) is 0 Å². The van der Waals surface area contributed by atoms with Crippen LogP contribution in [0.1, 0.15) is 5.56 Å². The van der Waals surface area contributed by atoms with Crippen LogP contribution in [0, 0.1) is 11.6 Å². The Bertz CT molecular complexity index is 802. The molecule has 0 atom stereocenters. The highest BCUT2D eigenvalue weighted by Gasteiger charge is 2.14. The van der Waals surface area contributed by atoms with E-state index in [0.717, 1.165) is 17.7 Å². The Balaban J connectivity index is 2.03. The second kappa shape index (κ2) is 7.03. The van der Waals surface area contributed by atoms with Crippen molar-refractivity contribution in [1.29, 1.82) is 0 Å². The predicted octanol–water partition coefficient (Wildman–Crippen LogP) is 4.19. The first-order valence-corrected chi connectivity index (χ1v) is 8.49. The molecule has 2 aromatic rings. The second-order valence-corrected chi connectivity index (χ2v) is 7.10. The first-order valence-electron chi connectivity index (χ1n) is 6.46. The Hall–Kier alpha value is -1.72. The van der Waals surface area contributed by atoms with Gasteiger partial charge in [0.1, 0.15) is 11.6 Å². The van der Waals surface area contributed by atoms with Crippen molar-refractivity contribution in [2.75, 3.05) is 5.75 Å². The summed E-state index contributed by atoms with van der Waals surface area (Å²) in [6, 6.07) is 9.36. The molecule has 0 fully saturated rings. The average Bonchev–Trinajstić information content (AvgIpc) is 2.46. The van der Waals surface area contributed by atoms with Gasteiger partial charge in [-0.1, -0.05) is 35.9 Å². The molecular formula is C16H13ClF2O2S. The topological polar surface area (TPSA) is 34.1 Å². The fraction of sp³-hybridized carbons (Fsp3) is 0.125. The third kappa shape index (κ3) is 4.39. The summed E-state index contributed by atoms with van der Waals surface area (Å²) in [6.45, 7) is 0. The number of allylic oxidation sites excluding steroid dienone is 1. The standard InChI is InChI=1S/C16H13ClF2O2S/c17-15-11-14(7-8-16(15)19)22(20,21)9-2-1-4-12-5-3-6-13(18)10-12/h1-3,5-8,10-11H,4,9H2. The summed E-state index contributed by atoms with van der Waals surface area (Å²) < 4.78 is 50.2. The van der Waals surface area contributed by atoms with E-state index in [4.69, 9.17) is 11.6 Å². The van der Waals surface area contributed by atoms with Crippen LogP contribution in [0.2, 0.25) is 5.02 Å². The van der Waals surface area contributed by atoms with Gasteiger partial charge in [-0.05, 0) is 42.3 Å². The van der Waals surface area contributed by atoms with E-state index in [1.54, 1.807) is 18.2 Å². The third-order valence-corrected chi connectivity index (χ3v) is 4.87. The maximum atomic E-state index is 13.0. The summed E-state index contributed by atoms with van der Waals surface area (Å²) in [6.07, 6.45) is 3.56. The number of benzene rings is 2. The summed E-state index contributed by atoms with van der Waals surface area (Å²) in [5.74, 6) is -1.23. The Morgan fingerprint density at radius 2 is 1.82 bits per heavy atom. The van der Waals surface area contributed by atoms with Gasteiger partial charge in [0.2, 0.25) is 0 Å². The Morgan fingerprint density at radius 3 is 2.50 bits per heavy atom. The molecule has 0 saturated carbocycles. The molecule has 0 aliphatic heterocycles. The van der Waals surface area contributed by atoms with Crippen LogP contribution in [0.15, 0.2) is 59.5 Å². The number of rotatable bonds is 5. The molecule has 0 radical (unpaired) electrons. The van der Waals surface area contributed by atoms with Crippen molar-refractivity contribution in [1.82, 2.24) is 0 Å². The molecule has 0 spiro atoms. The third-order valence-electron chi connectivity index (χ3n) is 2.98. The minimum Gasteiger partial charge on any atom is -0.223 e. The van der Waals surface area contributed by atoms with Gasteiger partial charge < -0.3 is 0 Å². The number of hydrogen-bond acceptors (Lipinski definition) is 2. The van der Waals surface area contributed by atoms with Gasteiger partial charge in [0.25, 0.3) is 0 Å². The van der Waals surface area contributed by atoms with Crippen LogP contribution in [-0.2, 0) is 16.3 Å². The van der Waals surface area contributed by atoms with E-state index in [1.807, 2.05) is 0 Å². The molecule has 0 aliphatic rings. The average molecular weight is 343 g/mol. The van der Waals surface area contributed by atoms with Gasteiger partial charge in [-0.2, -0.15) is 0 Å². The lowest BCUT2D eigenvalue weighted by Crippen LogP contribution is -2.05. The van der Waals surface area contributed by atoms with E-state index < -0.39 is 15.7 Å². The molecule has 0 unspecified atom stereocenters. The van der Waals surface area contributed by atoms with Crippen molar-refractivity contribution < 1.29 is 17.2 Å². The van der Waals surface area contributed by atoms with E-state index in [2.05, 4.69) is 0 Å². The monoisotopic (exact) mass is 342 g/mol. The fourth-order valence-electron chi connectivity index (χ4n) is 1.84. The largest absolute Gasteiger partial charge is 0.223 e. The van der Waals surface area contributed by atoms with E-state index in [-0.39, 0.29) is 21.5 Å². The summed E-state index contributed by atoms with van der Waals surface area (Å²) >= 11 is 5.58. The smallest absolute Gasteiger partial charge is 0.181 e. The van der Waals surface area contributed by atoms with Crippen LogP contribution in [0.5, 0.6) is 0 Å². The SMILES string of the molecule is O=S(=O)(CC=CCc1cccc(F)c1)c1ccc(F)c(Cl)c1. The van der Waals surface area contributed by atoms with Crippen molar-refractivity contribution in [2.24, 2.45) is 0 Å². The molecule has 0 heterocycles. The van der Waals surface area contributed by atoms with Crippen LogP contribution in [0.25, 0.3) is 0 Å². The Kier molecular flexibility index (Phi) is 5.32. The molecule has 0 aromatic heterocycles.